The number of amides is 1. The normalized spacial score (nSPS) is 18.8. The quantitative estimate of drug-likeness (QED) is 0.515. The number of carbonyl (C=O) groups excluding carboxylic acids is 2. The van der Waals surface area contributed by atoms with Crippen molar-refractivity contribution in [3.63, 3.8) is 0 Å². The maximum absolute atomic E-state index is 13.4. The summed E-state index contributed by atoms with van der Waals surface area (Å²) in [6.45, 7) is 9.80. The van der Waals surface area contributed by atoms with Crippen molar-refractivity contribution in [2.75, 3.05) is 18.1 Å². The predicted octanol–water partition coefficient (Wildman–Crippen LogP) is 5.04. The molecule has 0 saturated carbocycles. The molecule has 2 aromatic heterocycles. The van der Waals surface area contributed by atoms with Gasteiger partial charge in [0.05, 0.1) is 29.6 Å². The highest BCUT2D eigenvalue weighted by Gasteiger charge is 2.48. The lowest BCUT2D eigenvalue weighted by Gasteiger charge is -2.26. The van der Waals surface area contributed by atoms with Crippen LogP contribution in [0.2, 0.25) is 0 Å². The molecule has 3 heterocycles. The fourth-order valence-electron chi connectivity index (χ4n) is 5.59. The SMILES string of the molecule is CCCC1(CC)C(=O)N(CC)c2cc3c4c([nH]c3cc21)-c1[nH]ncc1CCC4.CCOC=O. The van der Waals surface area contributed by atoms with Crippen molar-refractivity contribution >= 4 is 29.0 Å². The summed E-state index contributed by atoms with van der Waals surface area (Å²) in [5, 5.41) is 8.73. The maximum atomic E-state index is 13.4. The van der Waals surface area contributed by atoms with Gasteiger partial charge in [-0.05, 0) is 74.8 Å². The summed E-state index contributed by atoms with van der Waals surface area (Å²) < 4.78 is 4.15. The molecule has 176 valence electrons. The second-order valence-corrected chi connectivity index (χ2v) is 8.80. The molecule has 0 spiro atoms. The molecule has 1 atom stereocenters. The molecule has 7 nitrogen and oxygen atoms in total. The third-order valence-corrected chi connectivity index (χ3v) is 7.16. The van der Waals surface area contributed by atoms with Gasteiger partial charge >= 0.3 is 0 Å². The molecule has 5 rings (SSSR count). The van der Waals surface area contributed by atoms with E-state index >= 15 is 0 Å². The molecule has 1 amide bonds. The molecule has 1 aromatic carbocycles. The van der Waals surface area contributed by atoms with Crippen LogP contribution in [0.3, 0.4) is 0 Å². The van der Waals surface area contributed by atoms with Gasteiger partial charge in [-0.1, -0.05) is 20.3 Å². The fraction of sp³-hybridized carbons (Fsp3) is 0.500. The number of likely N-dealkylation sites (N-methyl/N-ethyl adjacent to an activating group) is 1. The number of benzene rings is 1. The van der Waals surface area contributed by atoms with Gasteiger partial charge in [0.15, 0.2) is 0 Å². The van der Waals surface area contributed by atoms with Crippen molar-refractivity contribution in [3.05, 3.63) is 35.0 Å². The van der Waals surface area contributed by atoms with E-state index in [4.69, 9.17) is 0 Å². The summed E-state index contributed by atoms with van der Waals surface area (Å²) >= 11 is 0. The third kappa shape index (κ3) is 3.63. The van der Waals surface area contributed by atoms with E-state index in [1.807, 2.05) is 11.1 Å². The Labute approximate surface area is 194 Å². The predicted molar refractivity (Wildman–Crippen MR) is 130 cm³/mol. The number of rotatable bonds is 6. The van der Waals surface area contributed by atoms with Crippen LogP contribution in [-0.4, -0.2) is 40.7 Å². The number of aryl methyl sites for hydroxylation is 2. The Morgan fingerprint density at radius 2 is 2.00 bits per heavy atom. The minimum atomic E-state index is -0.379. The number of hydrogen-bond acceptors (Lipinski definition) is 4. The number of anilines is 1. The molecule has 2 N–H and O–H groups in total. The first-order chi connectivity index (χ1) is 16.1. The van der Waals surface area contributed by atoms with Gasteiger partial charge in [0.2, 0.25) is 5.91 Å². The summed E-state index contributed by atoms with van der Waals surface area (Å²) in [4.78, 5) is 28.3. The third-order valence-electron chi connectivity index (χ3n) is 7.16. The molecule has 33 heavy (non-hydrogen) atoms. The summed E-state index contributed by atoms with van der Waals surface area (Å²) in [6.07, 6.45) is 7.93. The molecule has 1 aliphatic carbocycles. The highest BCUT2D eigenvalue weighted by molar-refractivity contribution is 6.11. The van der Waals surface area contributed by atoms with Gasteiger partial charge in [-0.2, -0.15) is 5.10 Å². The molecule has 2 aliphatic rings. The molecule has 7 heteroatoms. The second kappa shape index (κ2) is 9.41. The molecular weight excluding hydrogens is 416 g/mol. The van der Waals surface area contributed by atoms with Crippen LogP contribution in [0.15, 0.2) is 18.3 Å². The number of hydrogen-bond donors (Lipinski definition) is 2. The van der Waals surface area contributed by atoms with Gasteiger partial charge < -0.3 is 14.6 Å². The van der Waals surface area contributed by atoms with E-state index in [9.17, 15) is 9.59 Å². The number of nitrogens with one attached hydrogen (secondary N) is 2. The van der Waals surface area contributed by atoms with Crippen LogP contribution in [0.5, 0.6) is 0 Å². The first kappa shape index (κ1) is 23.1. The Morgan fingerprint density at radius 3 is 2.64 bits per heavy atom. The molecule has 0 saturated heterocycles. The van der Waals surface area contributed by atoms with Crippen molar-refractivity contribution in [1.29, 1.82) is 0 Å². The Bertz CT molecular complexity index is 1160. The van der Waals surface area contributed by atoms with E-state index in [0.29, 0.717) is 13.1 Å². The van der Waals surface area contributed by atoms with E-state index in [1.165, 1.54) is 27.8 Å². The fourth-order valence-corrected chi connectivity index (χ4v) is 5.59. The smallest absolute Gasteiger partial charge is 0.293 e. The van der Waals surface area contributed by atoms with Crippen molar-refractivity contribution in [2.45, 2.75) is 71.6 Å². The number of fused-ring (bicyclic) bond motifs is 6. The van der Waals surface area contributed by atoms with E-state index in [2.05, 4.69) is 52.8 Å². The first-order valence-electron chi connectivity index (χ1n) is 12.1. The Morgan fingerprint density at radius 1 is 1.18 bits per heavy atom. The maximum Gasteiger partial charge on any atom is 0.293 e. The monoisotopic (exact) mass is 450 g/mol. The van der Waals surface area contributed by atoms with Gasteiger partial charge in [0.25, 0.3) is 6.47 Å². The van der Waals surface area contributed by atoms with E-state index in [0.717, 1.165) is 62.0 Å². The van der Waals surface area contributed by atoms with Gasteiger partial charge in [-0.3, -0.25) is 14.7 Å². The number of aromatic nitrogens is 3. The first-order valence-corrected chi connectivity index (χ1v) is 12.1. The van der Waals surface area contributed by atoms with E-state index in [-0.39, 0.29) is 11.3 Å². The van der Waals surface area contributed by atoms with Crippen LogP contribution in [0, 0.1) is 0 Å². The lowest BCUT2D eigenvalue weighted by atomic mass is 9.75. The number of H-pyrrole nitrogens is 2. The lowest BCUT2D eigenvalue weighted by molar-refractivity contribution is -0.128. The summed E-state index contributed by atoms with van der Waals surface area (Å²) in [6, 6.07) is 4.54. The van der Waals surface area contributed by atoms with Gasteiger partial charge in [0.1, 0.15) is 0 Å². The topological polar surface area (TPSA) is 91.1 Å². The van der Waals surface area contributed by atoms with Crippen LogP contribution in [-0.2, 0) is 32.6 Å². The number of carbonyl (C=O) groups is 2. The minimum Gasteiger partial charge on any atom is -0.468 e. The van der Waals surface area contributed by atoms with Crippen molar-refractivity contribution in [3.8, 4) is 11.4 Å². The number of nitrogens with zero attached hydrogens (tertiary/aromatic N) is 2. The molecule has 0 fully saturated rings. The lowest BCUT2D eigenvalue weighted by Crippen LogP contribution is -2.39. The zero-order valence-electron chi connectivity index (χ0n) is 20.1. The molecular formula is C26H34N4O3. The number of ether oxygens (including phenoxy) is 1. The largest absolute Gasteiger partial charge is 0.468 e. The highest BCUT2D eigenvalue weighted by atomic mass is 16.5. The Balaban J connectivity index is 0.000000471. The van der Waals surface area contributed by atoms with Crippen LogP contribution < -0.4 is 4.90 Å². The van der Waals surface area contributed by atoms with Crippen LogP contribution in [0.1, 0.15) is 70.1 Å². The Hall–Kier alpha value is -3.09. The summed E-state index contributed by atoms with van der Waals surface area (Å²) in [5.74, 6) is 0.281. The zero-order chi connectivity index (χ0) is 23.6. The summed E-state index contributed by atoms with van der Waals surface area (Å²) in [5.41, 5.74) is 8.04. The molecule has 1 aliphatic heterocycles. The molecule has 3 aromatic rings. The Kier molecular flexibility index (Phi) is 6.58. The van der Waals surface area contributed by atoms with Gasteiger partial charge in [0, 0.05) is 23.1 Å². The van der Waals surface area contributed by atoms with E-state index < -0.39 is 0 Å². The van der Waals surface area contributed by atoms with Crippen LogP contribution in [0.25, 0.3) is 22.3 Å². The zero-order valence-corrected chi connectivity index (χ0v) is 20.1. The standard InChI is InChI=1S/C23H28N4O.C3H6O2/c1-4-10-23(5-2)17-12-18-16(11-19(17)27(6-3)22(23)28)15-9-7-8-14-13-24-26-20(14)21(15)25-18;1-2-5-3-4/h11-13,25H,4-10H2,1-3H3,(H,24,26);3H,2H2,1H3. The van der Waals surface area contributed by atoms with Crippen molar-refractivity contribution < 1.29 is 14.3 Å². The van der Waals surface area contributed by atoms with E-state index in [1.54, 1.807) is 6.92 Å². The van der Waals surface area contributed by atoms with Crippen molar-refractivity contribution in [2.24, 2.45) is 0 Å². The summed E-state index contributed by atoms with van der Waals surface area (Å²) in [7, 11) is 0. The average molecular weight is 451 g/mol. The molecule has 0 bridgehead atoms. The van der Waals surface area contributed by atoms with Crippen molar-refractivity contribution in [1.82, 2.24) is 15.2 Å². The number of aromatic amines is 2. The molecule has 1 unspecified atom stereocenters. The van der Waals surface area contributed by atoms with Gasteiger partial charge in [-0.15, -0.1) is 0 Å². The van der Waals surface area contributed by atoms with Crippen LogP contribution >= 0.6 is 0 Å². The highest BCUT2D eigenvalue weighted by Crippen LogP contribution is 2.49. The van der Waals surface area contributed by atoms with Gasteiger partial charge in [-0.25, -0.2) is 0 Å². The average Bonchev–Trinajstić information content (AvgIpc) is 3.45. The van der Waals surface area contributed by atoms with Crippen LogP contribution in [0.4, 0.5) is 5.69 Å². The molecule has 0 radical (unpaired) electrons. The second-order valence-electron chi connectivity index (χ2n) is 8.80. The minimum absolute atomic E-state index is 0.281.